The van der Waals surface area contributed by atoms with Crippen LogP contribution in [0.15, 0.2) is 36.7 Å². The highest BCUT2D eigenvalue weighted by Crippen LogP contribution is 2.35. The number of alkyl halides is 1. The number of nitrogens with one attached hydrogen (secondary N) is 1. The third kappa shape index (κ3) is 3.85. The number of hydrogen-bond donors (Lipinski definition) is 2. The topological polar surface area (TPSA) is 85.1 Å². The predicted molar refractivity (Wildman–Crippen MR) is 110 cm³/mol. The van der Waals surface area contributed by atoms with Gasteiger partial charge in [-0.2, -0.15) is 5.10 Å². The first kappa shape index (κ1) is 19.9. The van der Waals surface area contributed by atoms with Gasteiger partial charge in [-0.25, -0.2) is 8.78 Å². The molecule has 0 aliphatic carbocycles. The Morgan fingerprint density at radius 3 is 2.81 bits per heavy atom. The molecule has 4 atom stereocenters. The summed E-state index contributed by atoms with van der Waals surface area (Å²) >= 11 is 0. The molecule has 2 bridgehead atoms. The number of nitrogens with zero attached hydrogens (tertiary/aromatic N) is 4. The highest BCUT2D eigenvalue weighted by atomic mass is 19.1. The summed E-state index contributed by atoms with van der Waals surface area (Å²) in [6, 6.07) is 5.79. The van der Waals surface area contributed by atoms with E-state index in [0.29, 0.717) is 17.7 Å². The minimum absolute atomic E-state index is 0.127. The van der Waals surface area contributed by atoms with E-state index in [1.807, 2.05) is 0 Å². The Morgan fingerprint density at radius 2 is 2.06 bits per heavy atom. The van der Waals surface area contributed by atoms with Crippen molar-refractivity contribution in [1.29, 1.82) is 0 Å². The molecule has 2 saturated heterocycles. The molecule has 2 aromatic heterocycles. The van der Waals surface area contributed by atoms with E-state index >= 15 is 0 Å². The molecular formula is C22H23F2N5O2. The van der Waals surface area contributed by atoms with Crippen molar-refractivity contribution in [3.8, 4) is 34.0 Å². The molecule has 1 aromatic carbocycles. The molecule has 0 unspecified atom stereocenters. The number of hydrogen-bond acceptors (Lipinski definition) is 6. The fourth-order valence-electron chi connectivity index (χ4n) is 4.50. The minimum atomic E-state index is -1.10. The minimum Gasteiger partial charge on any atom is -0.507 e. The smallest absolute Gasteiger partial charge is 0.233 e. The molecular weight excluding hydrogens is 404 g/mol. The van der Waals surface area contributed by atoms with E-state index in [4.69, 9.17) is 4.74 Å². The molecule has 2 aliphatic rings. The number of halogens is 2. The first-order valence-electron chi connectivity index (χ1n) is 10.4. The number of benzene rings is 1. The number of phenols is 1. The van der Waals surface area contributed by atoms with Crippen molar-refractivity contribution in [3.63, 3.8) is 0 Å². The van der Waals surface area contributed by atoms with Gasteiger partial charge in [0.05, 0.1) is 11.9 Å². The van der Waals surface area contributed by atoms with Crippen LogP contribution in [0.2, 0.25) is 0 Å². The molecule has 162 valence electrons. The van der Waals surface area contributed by atoms with Crippen molar-refractivity contribution in [3.05, 3.63) is 42.5 Å². The van der Waals surface area contributed by atoms with Gasteiger partial charge in [0.15, 0.2) is 6.17 Å². The maximum absolute atomic E-state index is 14.7. The Kier molecular flexibility index (Phi) is 5.05. The lowest BCUT2D eigenvalue weighted by Crippen LogP contribution is -2.59. The standard InChI is InChI=1S/C22H23F2N5O2/c1-29-11-12(10-25-29)14-9-19(30)15(8-16(14)23)17-5-6-21(28-27-17)31-20-7-13-3-2-4-18(26-13)22(20)24/h5-6,8-11,13,18,20,22,26,30H,2-4,7H2,1H3/t13-,18+,20-,22+/m1/s1. The Morgan fingerprint density at radius 1 is 1.19 bits per heavy atom. The molecule has 2 N–H and O–H groups in total. The maximum Gasteiger partial charge on any atom is 0.233 e. The number of aromatic hydroxyl groups is 1. The Bertz CT molecular complexity index is 1090. The van der Waals surface area contributed by atoms with Gasteiger partial charge in [0.25, 0.3) is 0 Å². The van der Waals surface area contributed by atoms with Gasteiger partial charge in [-0.1, -0.05) is 6.42 Å². The van der Waals surface area contributed by atoms with E-state index < -0.39 is 18.1 Å². The van der Waals surface area contributed by atoms with E-state index in [9.17, 15) is 13.9 Å². The number of ether oxygens (including phenoxy) is 1. The van der Waals surface area contributed by atoms with Crippen LogP contribution in [0, 0.1) is 5.82 Å². The molecule has 5 rings (SSSR count). The van der Waals surface area contributed by atoms with Gasteiger partial charge in [0, 0.05) is 54.5 Å². The van der Waals surface area contributed by atoms with E-state index in [1.54, 1.807) is 30.1 Å². The molecule has 0 amide bonds. The molecule has 4 heterocycles. The number of aryl methyl sites for hydroxylation is 1. The molecule has 7 nitrogen and oxygen atoms in total. The molecule has 0 spiro atoms. The van der Waals surface area contributed by atoms with Crippen molar-refractivity contribution in [2.75, 3.05) is 0 Å². The Balaban J connectivity index is 1.35. The highest BCUT2D eigenvalue weighted by molar-refractivity contribution is 5.74. The van der Waals surface area contributed by atoms with Gasteiger partial charge >= 0.3 is 0 Å². The zero-order chi connectivity index (χ0) is 21.5. The fraction of sp³-hybridized carbons (Fsp3) is 0.409. The summed E-state index contributed by atoms with van der Waals surface area (Å²) in [7, 11) is 1.73. The van der Waals surface area contributed by atoms with Crippen molar-refractivity contribution in [2.24, 2.45) is 7.05 Å². The van der Waals surface area contributed by atoms with Crippen molar-refractivity contribution < 1.29 is 18.6 Å². The summed E-state index contributed by atoms with van der Waals surface area (Å²) in [6.45, 7) is 0. The normalized spacial score (nSPS) is 25.4. The predicted octanol–water partition coefficient (Wildman–Crippen LogP) is 3.39. The zero-order valence-corrected chi connectivity index (χ0v) is 17.0. The summed E-state index contributed by atoms with van der Waals surface area (Å²) in [5, 5.41) is 25.9. The first-order valence-corrected chi connectivity index (χ1v) is 10.4. The molecule has 0 saturated carbocycles. The van der Waals surface area contributed by atoms with Crippen LogP contribution in [0.25, 0.3) is 22.4 Å². The van der Waals surface area contributed by atoms with Gasteiger partial charge in [0.2, 0.25) is 5.88 Å². The van der Waals surface area contributed by atoms with Gasteiger partial charge < -0.3 is 15.2 Å². The average molecular weight is 427 g/mol. The van der Waals surface area contributed by atoms with Crippen LogP contribution >= 0.6 is 0 Å². The summed E-state index contributed by atoms with van der Waals surface area (Å²) in [6.07, 6.45) is 4.97. The maximum atomic E-state index is 14.7. The second-order valence-electron chi connectivity index (χ2n) is 8.25. The van der Waals surface area contributed by atoms with Crippen molar-refractivity contribution >= 4 is 0 Å². The second-order valence-corrected chi connectivity index (χ2v) is 8.25. The second kappa shape index (κ2) is 7.88. The summed E-state index contributed by atoms with van der Waals surface area (Å²) in [5.41, 5.74) is 1.31. The molecule has 9 heteroatoms. The van der Waals surface area contributed by atoms with Gasteiger partial charge in [-0.3, -0.25) is 4.68 Å². The lowest BCUT2D eigenvalue weighted by Gasteiger charge is -2.42. The average Bonchev–Trinajstić information content (AvgIpc) is 3.20. The van der Waals surface area contributed by atoms with Crippen LogP contribution in [-0.4, -0.2) is 49.4 Å². The van der Waals surface area contributed by atoms with E-state index in [2.05, 4.69) is 20.6 Å². The molecule has 3 aromatic rings. The zero-order valence-electron chi connectivity index (χ0n) is 17.0. The number of fused-ring (bicyclic) bond motifs is 2. The quantitative estimate of drug-likeness (QED) is 0.664. The van der Waals surface area contributed by atoms with Crippen LogP contribution in [0.1, 0.15) is 25.7 Å². The first-order chi connectivity index (χ1) is 15.0. The van der Waals surface area contributed by atoms with Crippen molar-refractivity contribution in [2.45, 2.75) is 50.0 Å². The van der Waals surface area contributed by atoms with Gasteiger partial charge in [0.1, 0.15) is 17.7 Å². The van der Waals surface area contributed by atoms with E-state index in [0.717, 1.165) is 19.3 Å². The summed E-state index contributed by atoms with van der Waals surface area (Å²) < 4.78 is 36.7. The lowest BCUT2D eigenvalue weighted by atomic mass is 9.84. The van der Waals surface area contributed by atoms with Crippen LogP contribution in [0.5, 0.6) is 11.6 Å². The van der Waals surface area contributed by atoms with Crippen LogP contribution in [0.3, 0.4) is 0 Å². The monoisotopic (exact) mass is 427 g/mol. The van der Waals surface area contributed by atoms with Crippen molar-refractivity contribution in [1.82, 2.24) is 25.3 Å². The number of piperidine rings is 2. The Labute approximate surface area is 178 Å². The van der Waals surface area contributed by atoms with Crippen LogP contribution in [0.4, 0.5) is 8.78 Å². The fourth-order valence-corrected chi connectivity index (χ4v) is 4.50. The highest BCUT2D eigenvalue weighted by Gasteiger charge is 2.41. The van der Waals surface area contributed by atoms with Crippen LogP contribution < -0.4 is 10.1 Å². The molecule has 2 aliphatic heterocycles. The number of rotatable bonds is 4. The van der Waals surface area contributed by atoms with Gasteiger partial charge in [-0.05, 0) is 31.0 Å². The number of aromatic nitrogens is 4. The van der Waals surface area contributed by atoms with Gasteiger partial charge in [-0.15, -0.1) is 10.2 Å². The third-order valence-electron chi connectivity index (χ3n) is 6.06. The molecule has 0 radical (unpaired) electrons. The largest absolute Gasteiger partial charge is 0.507 e. The lowest BCUT2D eigenvalue weighted by molar-refractivity contribution is 0.00652. The SMILES string of the molecule is Cn1cc(-c2cc(O)c(-c3ccc(O[C@@H]4C[C@H]5CCC[C@H](N5)[C@@H]4F)nn3)cc2F)cn1. The number of phenolic OH excluding ortho intramolecular Hbond substituents is 1. The van der Waals surface area contributed by atoms with Crippen LogP contribution in [-0.2, 0) is 7.05 Å². The Hall–Kier alpha value is -3.07. The molecule has 31 heavy (non-hydrogen) atoms. The third-order valence-corrected chi connectivity index (χ3v) is 6.06. The summed E-state index contributed by atoms with van der Waals surface area (Å²) in [4.78, 5) is 0. The van der Waals surface area contributed by atoms with E-state index in [1.165, 1.54) is 18.3 Å². The van der Waals surface area contributed by atoms with E-state index in [-0.39, 0.29) is 34.8 Å². The summed E-state index contributed by atoms with van der Waals surface area (Å²) in [5.74, 6) is -0.425. The molecule has 2 fully saturated rings.